The fourth-order valence-corrected chi connectivity index (χ4v) is 3.30. The molecule has 0 heterocycles. The van der Waals surface area contributed by atoms with Crippen molar-refractivity contribution in [2.75, 3.05) is 0 Å². The fraction of sp³-hybridized carbons (Fsp3) is 0.0625. The molecule has 0 saturated carbocycles. The molecule has 80 valence electrons. The molecule has 0 aliphatic heterocycles. The third-order valence-electron chi connectivity index (χ3n) is 2.67. The normalized spacial score (nSPS) is 20.5. The molecule has 17 heavy (non-hydrogen) atoms. The Hall–Kier alpha value is -2.09. The lowest BCUT2D eigenvalue weighted by Crippen LogP contribution is -2.24. The van der Waals surface area contributed by atoms with Gasteiger partial charge in [-0.2, -0.15) is 0 Å². The summed E-state index contributed by atoms with van der Waals surface area (Å²) in [6, 6.07) is 10.4. The number of benzene rings is 1. The molecule has 0 saturated heterocycles. The second kappa shape index (κ2) is 5.30. The van der Waals surface area contributed by atoms with E-state index in [0.29, 0.717) is 0 Å². The van der Waals surface area contributed by atoms with Crippen molar-refractivity contribution in [1.29, 1.82) is 0 Å². The molecule has 0 nitrogen and oxygen atoms in total. The molecule has 1 aromatic rings. The highest BCUT2D eigenvalue weighted by Crippen LogP contribution is 2.13. The van der Waals surface area contributed by atoms with E-state index in [9.17, 15) is 0 Å². The molecule has 0 spiro atoms. The van der Waals surface area contributed by atoms with Gasteiger partial charge in [-0.3, -0.25) is 0 Å². The van der Waals surface area contributed by atoms with E-state index in [2.05, 4.69) is 24.0 Å². The van der Waals surface area contributed by atoms with Crippen LogP contribution >= 0.6 is 0 Å². The highest BCUT2D eigenvalue weighted by molar-refractivity contribution is 6.70. The third kappa shape index (κ3) is 2.53. The first kappa shape index (κ1) is 11.4. The van der Waals surface area contributed by atoms with E-state index in [1.54, 1.807) is 0 Å². The second-order valence-corrected chi connectivity index (χ2v) is 5.34. The minimum Gasteiger partial charge on any atom is -0.119 e. The topological polar surface area (TPSA) is 0 Å². The number of hydrogen-bond donors (Lipinski definition) is 0. The van der Waals surface area contributed by atoms with Crippen molar-refractivity contribution >= 4 is 19.5 Å². The van der Waals surface area contributed by atoms with Crippen molar-refractivity contribution in [3.05, 3.63) is 54.1 Å². The van der Waals surface area contributed by atoms with Gasteiger partial charge in [0.15, 0.2) is 0 Å². The predicted octanol–water partition coefficient (Wildman–Crippen LogP) is 1.30. The van der Waals surface area contributed by atoms with Crippen LogP contribution < -0.4 is 5.19 Å². The van der Waals surface area contributed by atoms with Crippen LogP contribution in [0.3, 0.4) is 0 Å². The maximum absolute atomic E-state index is 5.56. The average Bonchev–Trinajstić information content (AvgIpc) is 2.40. The molecule has 2 rings (SSSR count). The van der Waals surface area contributed by atoms with Crippen LogP contribution in [0.1, 0.15) is 0 Å². The Labute approximate surface area is 105 Å². The Kier molecular flexibility index (Phi) is 3.55. The van der Waals surface area contributed by atoms with Crippen LogP contribution in [0.5, 0.6) is 0 Å². The zero-order valence-corrected chi connectivity index (χ0v) is 10.6. The van der Waals surface area contributed by atoms with Crippen LogP contribution in [-0.2, 0) is 0 Å². The molecule has 0 N–H and O–H groups in total. The minimum atomic E-state index is -0.0109. The maximum Gasteiger partial charge on any atom is 0.0603 e. The number of rotatable bonds is 1. The van der Waals surface area contributed by atoms with Gasteiger partial charge in [0.25, 0.3) is 0 Å². The quantitative estimate of drug-likeness (QED) is 0.506. The minimum absolute atomic E-state index is 0.0109. The van der Waals surface area contributed by atoms with Gasteiger partial charge in [0.2, 0.25) is 0 Å². The van der Waals surface area contributed by atoms with Gasteiger partial charge in [-0.15, -0.1) is 12.8 Å². The van der Waals surface area contributed by atoms with Gasteiger partial charge >= 0.3 is 0 Å². The second-order valence-electron chi connectivity index (χ2n) is 3.76. The van der Waals surface area contributed by atoms with Crippen LogP contribution in [0.25, 0.3) is 0 Å². The van der Waals surface area contributed by atoms with Gasteiger partial charge in [-0.25, -0.2) is 0 Å². The lowest BCUT2D eigenvalue weighted by atomic mass is 9.95. The molecule has 0 radical (unpaired) electrons. The van der Waals surface area contributed by atoms with Gasteiger partial charge in [-0.1, -0.05) is 54.3 Å². The van der Waals surface area contributed by atoms with E-state index in [1.807, 2.05) is 36.4 Å². The van der Waals surface area contributed by atoms with Crippen LogP contribution in [-0.4, -0.2) is 14.3 Å². The smallest absolute Gasteiger partial charge is 0.0603 e. The molecule has 0 aromatic heterocycles. The van der Waals surface area contributed by atoms with E-state index in [-0.39, 0.29) is 15.0 Å². The van der Waals surface area contributed by atoms with Crippen molar-refractivity contribution in [1.82, 2.24) is 0 Å². The third-order valence-corrected chi connectivity index (χ3v) is 4.37. The summed E-state index contributed by atoms with van der Waals surface area (Å²) in [4.78, 5) is 0. The monoisotopic (exact) mass is 232 g/mol. The summed E-state index contributed by atoms with van der Waals surface area (Å²) in [6.07, 6.45) is 17.1. The summed E-state index contributed by atoms with van der Waals surface area (Å²) in [6.45, 7) is 0. The van der Waals surface area contributed by atoms with Crippen LogP contribution in [0.4, 0.5) is 0 Å². The van der Waals surface area contributed by atoms with Crippen molar-refractivity contribution < 1.29 is 0 Å². The van der Waals surface area contributed by atoms with E-state index < -0.39 is 0 Å². The van der Waals surface area contributed by atoms with E-state index >= 15 is 0 Å². The number of allylic oxidation sites excluding steroid dienone is 4. The average molecular weight is 232 g/mol. The molecule has 0 bridgehead atoms. The van der Waals surface area contributed by atoms with Crippen LogP contribution in [0, 0.1) is 30.6 Å². The van der Waals surface area contributed by atoms with Crippen molar-refractivity contribution in [3.63, 3.8) is 0 Å². The standard InChI is InChI=1S/C16H12Si/c1-3-13-9-8-10-14(4-2)16(13)17-15-11-6-5-7-12-15/h1-2,5-13,17H. The lowest BCUT2D eigenvalue weighted by molar-refractivity contribution is 1.20. The summed E-state index contributed by atoms with van der Waals surface area (Å²) >= 11 is 0. The first-order valence-corrected chi connectivity index (χ1v) is 6.59. The Balaban J connectivity index is 2.45. The van der Waals surface area contributed by atoms with E-state index in [1.165, 1.54) is 10.4 Å². The number of hydrogen-bond acceptors (Lipinski definition) is 0. The molecule has 1 atom stereocenters. The van der Waals surface area contributed by atoms with Gasteiger partial charge < -0.3 is 0 Å². The summed E-state index contributed by atoms with van der Waals surface area (Å²) in [5.41, 5.74) is 0.953. The predicted molar refractivity (Wildman–Crippen MR) is 76.6 cm³/mol. The molecule has 1 heteroatoms. The molecule has 1 unspecified atom stereocenters. The van der Waals surface area contributed by atoms with E-state index in [4.69, 9.17) is 12.8 Å². The van der Waals surface area contributed by atoms with Crippen LogP contribution in [0.15, 0.2) is 54.1 Å². The highest BCUT2D eigenvalue weighted by Gasteiger charge is 2.14. The lowest BCUT2D eigenvalue weighted by Gasteiger charge is -2.15. The first-order valence-electron chi connectivity index (χ1n) is 5.43. The number of terminal acetylenes is 2. The molecular weight excluding hydrogens is 220 g/mol. The molecule has 0 fully saturated rings. The fourth-order valence-electron chi connectivity index (χ4n) is 1.80. The summed E-state index contributed by atoms with van der Waals surface area (Å²) < 4.78 is 0. The zero-order chi connectivity index (χ0) is 12.1. The Morgan fingerprint density at radius 2 is 1.88 bits per heavy atom. The Bertz CT molecular complexity index is 574. The first-order chi connectivity index (χ1) is 8.35. The highest BCUT2D eigenvalue weighted by atomic mass is 28.2. The van der Waals surface area contributed by atoms with Crippen molar-refractivity contribution in [2.45, 2.75) is 0 Å². The SMILES string of the molecule is C#CC1=CC=CC(C#C)C1=[SiH]c1ccccc1. The zero-order valence-electron chi connectivity index (χ0n) is 9.43. The van der Waals surface area contributed by atoms with Crippen molar-refractivity contribution in [2.24, 2.45) is 5.92 Å². The summed E-state index contributed by atoms with van der Waals surface area (Å²) in [5, 5.41) is 2.54. The summed E-state index contributed by atoms with van der Waals surface area (Å²) in [7, 11) is -0.0109. The Morgan fingerprint density at radius 1 is 1.12 bits per heavy atom. The van der Waals surface area contributed by atoms with Gasteiger partial charge in [-0.05, 0) is 16.4 Å². The molecule has 0 amide bonds. The largest absolute Gasteiger partial charge is 0.119 e. The summed E-state index contributed by atoms with van der Waals surface area (Å²) in [5.74, 6) is 5.59. The molecule has 1 aliphatic carbocycles. The van der Waals surface area contributed by atoms with Gasteiger partial charge in [0, 0.05) is 14.7 Å². The van der Waals surface area contributed by atoms with Gasteiger partial charge in [0.1, 0.15) is 0 Å². The Morgan fingerprint density at radius 3 is 2.53 bits per heavy atom. The molecular formula is C16H12Si. The maximum atomic E-state index is 5.56. The molecule has 1 aromatic carbocycles. The molecule has 1 aliphatic rings. The van der Waals surface area contributed by atoms with Crippen LogP contribution in [0.2, 0.25) is 0 Å². The van der Waals surface area contributed by atoms with Crippen molar-refractivity contribution in [3.8, 4) is 24.7 Å². The van der Waals surface area contributed by atoms with Gasteiger partial charge in [0.05, 0.1) is 5.92 Å². The van der Waals surface area contributed by atoms with E-state index in [0.717, 1.165) is 5.57 Å².